The molecule has 1 N–H and O–H groups in total. The zero-order valence-corrected chi connectivity index (χ0v) is 11.5. The van der Waals surface area contributed by atoms with E-state index in [-0.39, 0.29) is 12.3 Å². The van der Waals surface area contributed by atoms with Gasteiger partial charge in [0.15, 0.2) is 0 Å². The second-order valence-corrected chi connectivity index (χ2v) is 4.59. The van der Waals surface area contributed by atoms with Crippen LogP contribution in [0.3, 0.4) is 0 Å². The van der Waals surface area contributed by atoms with Crippen molar-refractivity contribution in [2.45, 2.75) is 6.42 Å². The number of carbonyl (C=O) groups is 1. The second kappa shape index (κ2) is 5.66. The van der Waals surface area contributed by atoms with Crippen LogP contribution in [0.25, 0.3) is 11.0 Å². The number of ether oxygens (including phenoxy) is 1. The zero-order valence-electron chi connectivity index (χ0n) is 11.5. The number of fused-ring (bicyclic) bond motifs is 1. The number of carbonyl (C=O) groups excluding carboxylic acids is 1. The van der Waals surface area contributed by atoms with Crippen molar-refractivity contribution < 1.29 is 13.9 Å². The standard InChI is InChI=1S/C16H14N2O3/c1-20-13-4-5-15-14(8-13)11(10-21-15)7-16(19)18-12-3-2-6-17-9-12/h2-6,8-10H,7H2,1H3,(H,18,19). The van der Waals surface area contributed by atoms with E-state index in [1.807, 2.05) is 18.2 Å². The number of hydrogen-bond acceptors (Lipinski definition) is 4. The number of furan rings is 1. The van der Waals surface area contributed by atoms with Crippen LogP contribution in [0.15, 0.2) is 53.4 Å². The van der Waals surface area contributed by atoms with Gasteiger partial charge in [-0.25, -0.2) is 0 Å². The van der Waals surface area contributed by atoms with E-state index in [9.17, 15) is 4.79 Å². The third-order valence-electron chi connectivity index (χ3n) is 3.16. The average Bonchev–Trinajstić information content (AvgIpc) is 2.90. The summed E-state index contributed by atoms with van der Waals surface area (Å²) in [6.07, 6.45) is 5.10. The predicted molar refractivity (Wildman–Crippen MR) is 79.3 cm³/mol. The Kier molecular flexibility index (Phi) is 3.55. The highest BCUT2D eigenvalue weighted by Gasteiger charge is 2.11. The second-order valence-electron chi connectivity index (χ2n) is 4.59. The van der Waals surface area contributed by atoms with Crippen molar-refractivity contribution in [2.24, 2.45) is 0 Å². The van der Waals surface area contributed by atoms with Crippen molar-refractivity contribution in [3.05, 3.63) is 54.6 Å². The predicted octanol–water partition coefficient (Wildman–Crippen LogP) is 3.02. The first-order valence-electron chi connectivity index (χ1n) is 6.50. The molecule has 0 aliphatic heterocycles. The van der Waals surface area contributed by atoms with Crippen molar-refractivity contribution in [1.82, 2.24) is 4.98 Å². The van der Waals surface area contributed by atoms with Crippen LogP contribution in [0, 0.1) is 0 Å². The van der Waals surface area contributed by atoms with Crippen LogP contribution in [0.4, 0.5) is 5.69 Å². The Hall–Kier alpha value is -2.82. The molecule has 21 heavy (non-hydrogen) atoms. The Morgan fingerprint density at radius 2 is 2.29 bits per heavy atom. The first-order valence-corrected chi connectivity index (χ1v) is 6.50. The lowest BCUT2D eigenvalue weighted by Gasteiger charge is -2.04. The Balaban J connectivity index is 1.79. The van der Waals surface area contributed by atoms with Gasteiger partial charge in [-0.1, -0.05) is 0 Å². The first-order chi connectivity index (χ1) is 10.3. The summed E-state index contributed by atoms with van der Waals surface area (Å²) in [5, 5.41) is 3.68. The molecule has 0 saturated heterocycles. The molecule has 0 atom stereocenters. The van der Waals surface area contributed by atoms with Crippen LogP contribution in [-0.4, -0.2) is 18.0 Å². The van der Waals surface area contributed by atoms with E-state index >= 15 is 0 Å². The molecular weight excluding hydrogens is 268 g/mol. The van der Waals surface area contributed by atoms with E-state index in [2.05, 4.69) is 10.3 Å². The molecule has 106 valence electrons. The molecule has 0 fully saturated rings. The highest BCUT2D eigenvalue weighted by atomic mass is 16.5. The Labute approximate surface area is 121 Å². The van der Waals surface area contributed by atoms with Crippen LogP contribution in [0.5, 0.6) is 5.75 Å². The maximum atomic E-state index is 12.1. The number of aromatic nitrogens is 1. The Bertz CT molecular complexity index is 766. The molecule has 5 heteroatoms. The molecule has 0 aliphatic carbocycles. The molecule has 0 bridgehead atoms. The van der Waals surface area contributed by atoms with Crippen LogP contribution in [0.2, 0.25) is 0 Å². The van der Waals surface area contributed by atoms with Crippen molar-refractivity contribution in [1.29, 1.82) is 0 Å². The summed E-state index contributed by atoms with van der Waals surface area (Å²) in [6.45, 7) is 0. The van der Waals surface area contributed by atoms with E-state index in [1.165, 1.54) is 0 Å². The van der Waals surface area contributed by atoms with Gasteiger partial charge >= 0.3 is 0 Å². The molecule has 1 aromatic carbocycles. The van der Waals surface area contributed by atoms with Gasteiger partial charge in [-0.2, -0.15) is 0 Å². The first kappa shape index (κ1) is 13.2. The lowest BCUT2D eigenvalue weighted by Crippen LogP contribution is -2.14. The van der Waals surface area contributed by atoms with Gasteiger partial charge in [0.05, 0.1) is 31.7 Å². The van der Waals surface area contributed by atoms with Crippen molar-refractivity contribution in [3.63, 3.8) is 0 Å². The van der Waals surface area contributed by atoms with Gasteiger partial charge < -0.3 is 14.5 Å². The van der Waals surface area contributed by atoms with E-state index in [0.717, 1.165) is 22.3 Å². The van der Waals surface area contributed by atoms with Gasteiger partial charge in [0.25, 0.3) is 0 Å². The molecule has 1 amide bonds. The average molecular weight is 282 g/mol. The summed E-state index contributed by atoms with van der Waals surface area (Å²) in [7, 11) is 1.61. The molecule has 5 nitrogen and oxygen atoms in total. The Morgan fingerprint density at radius 1 is 1.38 bits per heavy atom. The number of benzene rings is 1. The monoisotopic (exact) mass is 282 g/mol. The summed E-state index contributed by atoms with van der Waals surface area (Å²) in [5.41, 5.74) is 2.23. The minimum Gasteiger partial charge on any atom is -0.497 e. The quantitative estimate of drug-likeness (QED) is 0.799. The molecule has 0 unspecified atom stereocenters. The summed E-state index contributed by atoms with van der Waals surface area (Å²) >= 11 is 0. The molecule has 3 rings (SSSR count). The minimum atomic E-state index is -0.117. The number of anilines is 1. The number of pyridine rings is 1. The SMILES string of the molecule is COc1ccc2occ(CC(=O)Nc3cccnc3)c2c1. The summed E-state index contributed by atoms with van der Waals surface area (Å²) in [6, 6.07) is 9.09. The summed E-state index contributed by atoms with van der Waals surface area (Å²) in [5.74, 6) is 0.617. The minimum absolute atomic E-state index is 0.117. The van der Waals surface area contributed by atoms with E-state index in [1.54, 1.807) is 37.9 Å². The van der Waals surface area contributed by atoms with Crippen molar-refractivity contribution in [3.8, 4) is 5.75 Å². The third kappa shape index (κ3) is 2.86. The summed E-state index contributed by atoms with van der Waals surface area (Å²) < 4.78 is 10.6. The number of amides is 1. The molecule has 3 aromatic rings. The van der Waals surface area contributed by atoms with E-state index in [4.69, 9.17) is 9.15 Å². The van der Waals surface area contributed by atoms with Gasteiger partial charge in [-0.05, 0) is 30.3 Å². The number of rotatable bonds is 4. The maximum absolute atomic E-state index is 12.1. The molecule has 2 aromatic heterocycles. The largest absolute Gasteiger partial charge is 0.497 e. The molecule has 0 radical (unpaired) electrons. The summed E-state index contributed by atoms with van der Waals surface area (Å²) in [4.78, 5) is 16.0. The van der Waals surface area contributed by atoms with E-state index < -0.39 is 0 Å². The topological polar surface area (TPSA) is 64.4 Å². The van der Waals surface area contributed by atoms with Crippen LogP contribution in [-0.2, 0) is 11.2 Å². The fourth-order valence-corrected chi connectivity index (χ4v) is 2.14. The van der Waals surface area contributed by atoms with Crippen LogP contribution < -0.4 is 10.1 Å². The normalized spacial score (nSPS) is 10.5. The van der Waals surface area contributed by atoms with Crippen LogP contribution in [0.1, 0.15) is 5.56 Å². The lowest BCUT2D eigenvalue weighted by atomic mass is 10.1. The van der Waals surface area contributed by atoms with Crippen molar-refractivity contribution >= 4 is 22.6 Å². The van der Waals surface area contributed by atoms with Crippen molar-refractivity contribution in [2.75, 3.05) is 12.4 Å². The Morgan fingerprint density at radius 3 is 3.05 bits per heavy atom. The molecule has 0 spiro atoms. The molecule has 0 saturated carbocycles. The fraction of sp³-hybridized carbons (Fsp3) is 0.125. The number of nitrogens with one attached hydrogen (secondary N) is 1. The molecular formula is C16H14N2O3. The number of nitrogens with zero attached hydrogens (tertiary/aromatic N) is 1. The van der Waals surface area contributed by atoms with Crippen LogP contribution >= 0.6 is 0 Å². The van der Waals surface area contributed by atoms with Gasteiger partial charge in [-0.15, -0.1) is 0 Å². The fourth-order valence-electron chi connectivity index (χ4n) is 2.14. The van der Waals surface area contributed by atoms with Gasteiger partial charge in [0.1, 0.15) is 11.3 Å². The van der Waals surface area contributed by atoms with Gasteiger partial charge in [0, 0.05) is 17.1 Å². The highest BCUT2D eigenvalue weighted by Crippen LogP contribution is 2.26. The highest BCUT2D eigenvalue weighted by molar-refractivity contribution is 5.95. The smallest absolute Gasteiger partial charge is 0.228 e. The van der Waals surface area contributed by atoms with Gasteiger partial charge in [0.2, 0.25) is 5.91 Å². The molecule has 2 heterocycles. The lowest BCUT2D eigenvalue weighted by molar-refractivity contribution is -0.115. The zero-order chi connectivity index (χ0) is 14.7. The maximum Gasteiger partial charge on any atom is 0.228 e. The number of methoxy groups -OCH3 is 1. The third-order valence-corrected chi connectivity index (χ3v) is 3.16. The van der Waals surface area contributed by atoms with Gasteiger partial charge in [-0.3, -0.25) is 9.78 Å². The van der Waals surface area contributed by atoms with E-state index in [0.29, 0.717) is 5.69 Å². The number of hydrogen-bond donors (Lipinski definition) is 1. The molecule has 0 aliphatic rings.